The molecule has 272 valence electrons. The van der Waals surface area contributed by atoms with Crippen LogP contribution in [0.15, 0.2) is 59.6 Å². The lowest BCUT2D eigenvalue weighted by Crippen LogP contribution is -2.64. The second-order valence-corrected chi connectivity index (χ2v) is 12.7. The van der Waals surface area contributed by atoms with E-state index in [1.54, 1.807) is 51.4 Å². The van der Waals surface area contributed by atoms with Gasteiger partial charge in [-0.3, -0.25) is 19.4 Å². The smallest absolute Gasteiger partial charge is 0.303 e. The monoisotopic (exact) mass is 699 g/mol. The molecule has 3 saturated heterocycles. The van der Waals surface area contributed by atoms with Crippen LogP contribution in [0.25, 0.3) is 0 Å². The number of carbonyl (C=O) groups is 3. The van der Waals surface area contributed by atoms with Crippen molar-refractivity contribution in [2.24, 2.45) is 4.99 Å². The van der Waals surface area contributed by atoms with Gasteiger partial charge in [0.05, 0.1) is 19.8 Å². The Morgan fingerprint density at radius 1 is 0.820 bits per heavy atom. The molecular formula is C36H45NO13. The topological polar surface area (TPSA) is 156 Å². The number of aliphatic imine (C=N–C) groups is 1. The fourth-order valence-corrected chi connectivity index (χ4v) is 6.16. The Balaban J connectivity index is 1.48. The van der Waals surface area contributed by atoms with E-state index in [2.05, 4.69) is 0 Å². The maximum absolute atomic E-state index is 12.5. The van der Waals surface area contributed by atoms with Crippen LogP contribution in [0.5, 0.6) is 5.75 Å². The molecule has 0 N–H and O–H groups in total. The summed E-state index contributed by atoms with van der Waals surface area (Å²) in [6.07, 6.45) is -6.77. The van der Waals surface area contributed by atoms with Gasteiger partial charge in [0.15, 0.2) is 30.6 Å². The summed E-state index contributed by atoms with van der Waals surface area (Å²) >= 11 is 0. The minimum atomic E-state index is -1.24. The molecule has 3 fully saturated rings. The zero-order valence-electron chi connectivity index (χ0n) is 29.2. The Morgan fingerprint density at radius 3 is 2.12 bits per heavy atom. The van der Waals surface area contributed by atoms with Crippen molar-refractivity contribution in [3.05, 3.63) is 65.7 Å². The molecule has 5 rings (SSSR count). The third-order valence-electron chi connectivity index (χ3n) is 8.30. The maximum Gasteiger partial charge on any atom is 0.303 e. The average molecular weight is 700 g/mol. The summed E-state index contributed by atoms with van der Waals surface area (Å²) in [7, 11) is 1.56. The first kappa shape index (κ1) is 37.3. The number of carbonyl (C=O) groups excluding carboxylic acids is 3. The van der Waals surface area contributed by atoms with Crippen LogP contribution in [-0.4, -0.2) is 105 Å². The van der Waals surface area contributed by atoms with E-state index in [0.717, 1.165) is 5.56 Å². The highest BCUT2D eigenvalue weighted by Gasteiger charge is 2.58. The highest BCUT2D eigenvalue weighted by Crippen LogP contribution is 2.41. The fraction of sp³-hybridized carbons (Fsp3) is 0.556. The molecule has 3 aliphatic rings. The number of hydrogen-bond acceptors (Lipinski definition) is 14. The molecule has 14 nitrogen and oxygen atoms in total. The second-order valence-electron chi connectivity index (χ2n) is 12.7. The summed E-state index contributed by atoms with van der Waals surface area (Å²) in [5.74, 6) is -2.27. The van der Waals surface area contributed by atoms with E-state index in [-0.39, 0.29) is 13.2 Å². The second kappa shape index (κ2) is 16.4. The number of methoxy groups -OCH3 is 1. The van der Waals surface area contributed by atoms with Crippen molar-refractivity contribution in [2.45, 2.75) is 115 Å². The van der Waals surface area contributed by atoms with Crippen LogP contribution >= 0.6 is 0 Å². The first-order valence-electron chi connectivity index (χ1n) is 16.5. The van der Waals surface area contributed by atoms with Crippen molar-refractivity contribution in [1.82, 2.24) is 0 Å². The fourth-order valence-electron chi connectivity index (χ4n) is 6.16. The largest absolute Gasteiger partial charge is 0.497 e. The summed E-state index contributed by atoms with van der Waals surface area (Å²) in [6.45, 7) is 9.02. The molecule has 14 heteroatoms. The lowest BCUT2D eigenvalue weighted by Gasteiger charge is -2.47. The number of fused-ring (bicyclic) bond motifs is 1. The molecule has 2 aromatic rings. The quantitative estimate of drug-likeness (QED) is 0.180. The summed E-state index contributed by atoms with van der Waals surface area (Å²) in [4.78, 5) is 41.4. The van der Waals surface area contributed by atoms with Crippen molar-refractivity contribution in [1.29, 1.82) is 0 Å². The number of benzene rings is 2. The molecule has 3 heterocycles. The van der Waals surface area contributed by atoms with Gasteiger partial charge in [0, 0.05) is 27.0 Å². The lowest BCUT2D eigenvalue weighted by atomic mass is 9.95. The van der Waals surface area contributed by atoms with Gasteiger partial charge in [0.25, 0.3) is 0 Å². The van der Waals surface area contributed by atoms with Crippen LogP contribution in [-0.2, 0) is 63.6 Å². The highest BCUT2D eigenvalue weighted by atomic mass is 16.8. The van der Waals surface area contributed by atoms with Crippen LogP contribution in [0.3, 0.4) is 0 Å². The van der Waals surface area contributed by atoms with Gasteiger partial charge in [-0.1, -0.05) is 30.3 Å². The van der Waals surface area contributed by atoms with Gasteiger partial charge in [0.2, 0.25) is 0 Å². The summed E-state index contributed by atoms with van der Waals surface area (Å²) in [5, 5.41) is 0. The van der Waals surface area contributed by atoms with E-state index < -0.39 is 85.0 Å². The predicted octanol–water partition coefficient (Wildman–Crippen LogP) is 3.50. The van der Waals surface area contributed by atoms with Crippen LogP contribution in [0.4, 0.5) is 0 Å². The highest BCUT2D eigenvalue weighted by molar-refractivity contribution is 5.80. The summed E-state index contributed by atoms with van der Waals surface area (Å²) < 4.78 is 60.2. The standard InChI is InChI=1S/C36H45NO13/c1-20-29(32-33(50-36(5,6)49-32)35(44-20)43-18-25-11-9-8-10-12-25)48-34-28(37-17-24-13-15-26(41-7)16-14-24)31(46-23(4)40)30(45-22(3)39)27(47-34)19-42-21(2)38/h8-17,20,27-35H,18-19H2,1-7H3/t20-,27+,28+,29-,30+,31+,32+,33+,34+,35+/m0/s1. The van der Waals surface area contributed by atoms with Gasteiger partial charge >= 0.3 is 17.9 Å². The normalized spacial score (nSPS) is 31.8. The first-order valence-corrected chi connectivity index (χ1v) is 16.5. The molecular weight excluding hydrogens is 654 g/mol. The van der Waals surface area contributed by atoms with Gasteiger partial charge in [0.1, 0.15) is 42.8 Å². The SMILES string of the molecule is COc1ccc(C=N[C@H]2[C@@H](O[C@@H]3[C@H]4OC(C)(C)O[C@H]4[C@H](OCc4ccccc4)O[C@H]3C)O[C@H](COC(C)=O)[C@@H](OC(C)=O)[C@@H]2OC(C)=O)cc1. The van der Waals surface area contributed by atoms with Crippen molar-refractivity contribution in [3.63, 3.8) is 0 Å². The zero-order chi connectivity index (χ0) is 36.0. The van der Waals surface area contributed by atoms with Gasteiger partial charge in [-0.2, -0.15) is 0 Å². The number of ether oxygens (including phenoxy) is 10. The van der Waals surface area contributed by atoms with E-state index in [0.29, 0.717) is 11.3 Å². The number of nitrogens with zero attached hydrogens (tertiary/aromatic N) is 1. The third-order valence-corrected chi connectivity index (χ3v) is 8.30. The minimum Gasteiger partial charge on any atom is -0.497 e. The van der Waals surface area contributed by atoms with E-state index in [1.807, 2.05) is 37.3 Å². The molecule has 2 aromatic carbocycles. The lowest BCUT2D eigenvalue weighted by molar-refractivity contribution is -0.329. The van der Waals surface area contributed by atoms with E-state index in [1.165, 1.54) is 20.8 Å². The molecule has 0 bridgehead atoms. The van der Waals surface area contributed by atoms with Crippen molar-refractivity contribution in [2.75, 3.05) is 13.7 Å². The number of rotatable bonds is 12. The Morgan fingerprint density at radius 2 is 1.48 bits per heavy atom. The van der Waals surface area contributed by atoms with E-state index >= 15 is 0 Å². The molecule has 0 aromatic heterocycles. The van der Waals surface area contributed by atoms with Crippen molar-refractivity contribution >= 4 is 24.1 Å². The van der Waals surface area contributed by atoms with Gasteiger partial charge in [-0.05, 0) is 56.2 Å². The van der Waals surface area contributed by atoms with Crippen LogP contribution < -0.4 is 4.74 Å². The summed E-state index contributed by atoms with van der Waals surface area (Å²) in [5.41, 5.74) is 1.65. The van der Waals surface area contributed by atoms with E-state index in [9.17, 15) is 14.4 Å². The summed E-state index contributed by atoms with van der Waals surface area (Å²) in [6, 6.07) is 15.7. The van der Waals surface area contributed by atoms with Gasteiger partial charge in [-0.25, -0.2) is 0 Å². The molecule has 0 saturated carbocycles. The average Bonchev–Trinajstić information content (AvgIpc) is 3.40. The Kier molecular flexibility index (Phi) is 12.2. The Bertz CT molecular complexity index is 1480. The molecule has 0 unspecified atom stereocenters. The predicted molar refractivity (Wildman–Crippen MR) is 175 cm³/mol. The van der Waals surface area contributed by atoms with Crippen LogP contribution in [0.2, 0.25) is 0 Å². The molecule has 0 radical (unpaired) electrons. The van der Waals surface area contributed by atoms with Gasteiger partial charge < -0.3 is 47.4 Å². The van der Waals surface area contributed by atoms with Crippen LogP contribution in [0, 0.1) is 0 Å². The number of esters is 3. The number of hydrogen-bond donors (Lipinski definition) is 0. The van der Waals surface area contributed by atoms with Gasteiger partial charge in [-0.15, -0.1) is 0 Å². The Labute approximate surface area is 291 Å². The molecule has 0 spiro atoms. The molecule has 50 heavy (non-hydrogen) atoms. The first-order chi connectivity index (χ1) is 23.8. The molecule has 3 aliphatic heterocycles. The molecule has 0 aliphatic carbocycles. The maximum atomic E-state index is 12.5. The zero-order valence-corrected chi connectivity index (χ0v) is 29.2. The van der Waals surface area contributed by atoms with Crippen molar-refractivity contribution in [3.8, 4) is 5.75 Å². The molecule has 0 amide bonds. The third kappa shape index (κ3) is 9.44. The Hall–Kier alpha value is -3.92. The van der Waals surface area contributed by atoms with E-state index in [4.69, 9.17) is 52.4 Å². The minimum absolute atomic E-state index is 0.282. The molecule has 10 atom stereocenters. The van der Waals surface area contributed by atoms with Crippen LogP contribution in [0.1, 0.15) is 52.7 Å². The van der Waals surface area contributed by atoms with Crippen molar-refractivity contribution < 1.29 is 61.8 Å².